The van der Waals surface area contributed by atoms with Crippen molar-refractivity contribution in [3.8, 4) is 34.0 Å². The lowest BCUT2D eigenvalue weighted by molar-refractivity contribution is 0.0956. The Kier molecular flexibility index (Phi) is 9.61. The van der Waals surface area contributed by atoms with E-state index in [1.54, 1.807) is 44.2 Å². The monoisotopic (exact) mass is 569 g/mol. The van der Waals surface area contributed by atoms with E-state index in [4.69, 9.17) is 37.7 Å². The molecule has 4 aromatic rings. The summed E-state index contributed by atoms with van der Waals surface area (Å²) in [5.41, 5.74) is 4.47. The minimum Gasteiger partial charge on any atom is -0.497 e. The maximum atomic E-state index is 12.6. The fourth-order valence-electron chi connectivity index (χ4n) is 4.01. The van der Waals surface area contributed by atoms with Crippen LogP contribution in [-0.2, 0) is 6.54 Å². The summed E-state index contributed by atoms with van der Waals surface area (Å²) in [6, 6.07) is 20.8. The molecule has 0 saturated heterocycles. The molecule has 0 aliphatic heterocycles. The summed E-state index contributed by atoms with van der Waals surface area (Å²) in [5, 5.41) is 4.62. The highest BCUT2D eigenvalue weighted by atomic mass is 35.5. The summed E-state index contributed by atoms with van der Waals surface area (Å²) in [6.45, 7) is 3.43. The quantitative estimate of drug-likeness (QED) is 0.150. The van der Waals surface area contributed by atoms with E-state index in [2.05, 4.69) is 28.9 Å². The first-order chi connectivity index (χ1) is 18.4. The Morgan fingerprint density at radius 3 is 2.13 bits per heavy atom. The molecule has 1 aromatic heterocycles. The summed E-state index contributed by atoms with van der Waals surface area (Å²) in [5.74, 6) is 2.05. The number of methoxy groups -OCH3 is 2. The van der Waals surface area contributed by atoms with Crippen molar-refractivity contribution in [2.75, 3.05) is 26.5 Å². The number of nitrogens with zero attached hydrogens (tertiary/aromatic N) is 2. The molecule has 0 aliphatic rings. The molecule has 0 aliphatic carbocycles. The molecule has 0 spiro atoms. The van der Waals surface area contributed by atoms with Crippen LogP contribution in [-0.4, -0.2) is 42.0 Å². The summed E-state index contributed by atoms with van der Waals surface area (Å²) in [4.78, 5) is 17.6. The highest BCUT2D eigenvalue weighted by molar-refractivity contribution is 7.99. The molecule has 4 rings (SSSR count). The Balaban J connectivity index is 1.60. The van der Waals surface area contributed by atoms with Gasteiger partial charge in [0.1, 0.15) is 11.5 Å². The third-order valence-corrected chi connectivity index (χ3v) is 7.62. The second-order valence-corrected chi connectivity index (χ2v) is 10.3. The zero-order valence-corrected chi connectivity index (χ0v) is 23.8. The molecule has 0 unspecified atom stereocenters. The van der Waals surface area contributed by atoms with Crippen LogP contribution < -0.4 is 14.8 Å². The maximum absolute atomic E-state index is 12.6. The second-order valence-electron chi connectivity index (χ2n) is 8.43. The van der Waals surface area contributed by atoms with E-state index >= 15 is 0 Å². The van der Waals surface area contributed by atoms with E-state index in [0.717, 1.165) is 52.1 Å². The van der Waals surface area contributed by atoms with Crippen molar-refractivity contribution in [1.82, 2.24) is 14.9 Å². The number of ether oxygens (including phenoxy) is 2. The van der Waals surface area contributed by atoms with Crippen LogP contribution in [0.2, 0.25) is 10.0 Å². The molecule has 1 heterocycles. The van der Waals surface area contributed by atoms with E-state index in [1.807, 2.05) is 36.4 Å². The molecule has 0 fully saturated rings. The predicted molar refractivity (Wildman–Crippen MR) is 156 cm³/mol. The molecule has 9 heteroatoms. The Morgan fingerprint density at radius 2 is 1.55 bits per heavy atom. The fourth-order valence-corrected chi connectivity index (χ4v) is 5.19. The fraction of sp³-hybridized carbons (Fsp3) is 0.241. The Bertz CT molecular complexity index is 1390. The molecular weight excluding hydrogens is 541 g/mol. The largest absolute Gasteiger partial charge is 0.497 e. The van der Waals surface area contributed by atoms with Crippen molar-refractivity contribution in [3.63, 3.8) is 0 Å². The van der Waals surface area contributed by atoms with Crippen molar-refractivity contribution in [3.05, 3.63) is 82.3 Å². The second kappa shape index (κ2) is 13.1. The average molecular weight is 571 g/mol. The highest BCUT2D eigenvalue weighted by Gasteiger charge is 2.20. The van der Waals surface area contributed by atoms with Gasteiger partial charge in [-0.2, -0.15) is 0 Å². The Labute approximate surface area is 237 Å². The Morgan fingerprint density at radius 1 is 0.921 bits per heavy atom. The van der Waals surface area contributed by atoms with E-state index in [0.29, 0.717) is 27.9 Å². The normalized spacial score (nSPS) is 10.9. The van der Waals surface area contributed by atoms with Crippen molar-refractivity contribution in [2.45, 2.75) is 25.0 Å². The number of carbonyl (C=O) groups excluding carboxylic acids is 1. The third-order valence-electron chi connectivity index (χ3n) is 5.91. The van der Waals surface area contributed by atoms with Crippen LogP contribution in [0, 0.1) is 0 Å². The third kappa shape index (κ3) is 6.46. The van der Waals surface area contributed by atoms with Gasteiger partial charge in [0, 0.05) is 35.5 Å². The predicted octanol–water partition coefficient (Wildman–Crippen LogP) is 7.47. The topological polar surface area (TPSA) is 65.4 Å². The average Bonchev–Trinajstić information content (AvgIpc) is 3.30. The number of hydrogen-bond acceptors (Lipinski definition) is 5. The zero-order chi connectivity index (χ0) is 27.1. The summed E-state index contributed by atoms with van der Waals surface area (Å²) in [6.07, 6.45) is 0.948. The lowest BCUT2D eigenvalue weighted by atomic mass is 10.0. The SMILES string of the molecule is CCCn1c(SCCNC(=O)c2ccc(Cl)c(Cl)c2)nc(-c2ccc(OC)cc2)c1-c1ccc(OC)cc1. The summed E-state index contributed by atoms with van der Waals surface area (Å²) < 4.78 is 13.0. The van der Waals surface area contributed by atoms with Gasteiger partial charge in [-0.1, -0.05) is 41.9 Å². The van der Waals surface area contributed by atoms with Gasteiger partial charge in [0.05, 0.1) is 35.7 Å². The van der Waals surface area contributed by atoms with Crippen LogP contribution in [0.15, 0.2) is 71.9 Å². The van der Waals surface area contributed by atoms with Gasteiger partial charge in [-0.15, -0.1) is 0 Å². The van der Waals surface area contributed by atoms with E-state index in [1.165, 1.54) is 0 Å². The van der Waals surface area contributed by atoms with Crippen molar-refractivity contribution in [2.24, 2.45) is 0 Å². The van der Waals surface area contributed by atoms with Crippen LogP contribution >= 0.6 is 35.0 Å². The smallest absolute Gasteiger partial charge is 0.251 e. The number of benzene rings is 3. The summed E-state index contributed by atoms with van der Waals surface area (Å²) in [7, 11) is 3.32. The molecule has 0 radical (unpaired) electrons. The standard InChI is InChI=1S/C29H29Cl2N3O3S/c1-4-16-34-27(20-7-12-23(37-3)13-8-20)26(19-5-10-22(36-2)11-6-19)33-29(34)38-17-15-32-28(35)21-9-14-24(30)25(31)18-21/h5-14,18H,4,15-17H2,1-3H3,(H,32,35). The number of halogens is 2. The molecular formula is C29H29Cl2N3O3S. The number of aromatic nitrogens is 2. The van der Waals surface area contributed by atoms with Gasteiger partial charge in [-0.05, 0) is 73.2 Å². The van der Waals surface area contributed by atoms with Gasteiger partial charge in [-0.3, -0.25) is 4.79 Å². The van der Waals surface area contributed by atoms with Crippen molar-refractivity contribution in [1.29, 1.82) is 0 Å². The molecule has 0 bridgehead atoms. The number of rotatable bonds is 11. The number of hydrogen-bond donors (Lipinski definition) is 1. The molecule has 1 N–H and O–H groups in total. The molecule has 1 amide bonds. The number of nitrogens with one attached hydrogen (secondary N) is 1. The zero-order valence-electron chi connectivity index (χ0n) is 21.5. The first-order valence-electron chi connectivity index (χ1n) is 12.2. The molecule has 6 nitrogen and oxygen atoms in total. The lowest BCUT2D eigenvalue weighted by Crippen LogP contribution is -2.25. The van der Waals surface area contributed by atoms with Crippen molar-refractivity contribution >= 4 is 40.9 Å². The first kappa shape index (κ1) is 27.9. The molecule has 0 saturated carbocycles. The minimum absolute atomic E-state index is 0.195. The molecule has 198 valence electrons. The number of imidazole rings is 1. The minimum atomic E-state index is -0.195. The number of amides is 1. The summed E-state index contributed by atoms with van der Waals surface area (Å²) >= 11 is 13.6. The molecule has 0 atom stereocenters. The maximum Gasteiger partial charge on any atom is 0.251 e. The van der Waals surface area contributed by atoms with E-state index in [-0.39, 0.29) is 5.91 Å². The van der Waals surface area contributed by atoms with Crippen LogP contribution in [0.5, 0.6) is 11.5 Å². The van der Waals surface area contributed by atoms with Crippen LogP contribution in [0.25, 0.3) is 22.5 Å². The number of thioether (sulfide) groups is 1. The molecule has 38 heavy (non-hydrogen) atoms. The number of carbonyl (C=O) groups is 1. The van der Waals surface area contributed by atoms with Crippen LogP contribution in [0.1, 0.15) is 23.7 Å². The Hall–Kier alpha value is -3.13. The van der Waals surface area contributed by atoms with Gasteiger partial charge in [0.15, 0.2) is 5.16 Å². The van der Waals surface area contributed by atoms with Gasteiger partial charge < -0.3 is 19.4 Å². The van der Waals surface area contributed by atoms with Gasteiger partial charge in [0.2, 0.25) is 0 Å². The van der Waals surface area contributed by atoms with Gasteiger partial charge in [-0.25, -0.2) is 4.98 Å². The van der Waals surface area contributed by atoms with Crippen molar-refractivity contribution < 1.29 is 14.3 Å². The van der Waals surface area contributed by atoms with Gasteiger partial charge >= 0.3 is 0 Å². The van der Waals surface area contributed by atoms with E-state index in [9.17, 15) is 4.79 Å². The molecule has 3 aromatic carbocycles. The lowest BCUT2D eigenvalue weighted by Gasteiger charge is -2.13. The first-order valence-corrected chi connectivity index (χ1v) is 13.9. The highest BCUT2D eigenvalue weighted by Crippen LogP contribution is 2.37. The van der Waals surface area contributed by atoms with E-state index < -0.39 is 0 Å². The van der Waals surface area contributed by atoms with Crippen LogP contribution in [0.3, 0.4) is 0 Å². The van der Waals surface area contributed by atoms with Gasteiger partial charge in [0.25, 0.3) is 5.91 Å². The van der Waals surface area contributed by atoms with Crippen LogP contribution in [0.4, 0.5) is 0 Å².